The van der Waals surface area contributed by atoms with Crippen molar-refractivity contribution in [3.8, 4) is 22.8 Å². The molecule has 26 heavy (non-hydrogen) atoms. The number of aromatic nitrogens is 5. The van der Waals surface area contributed by atoms with Crippen LogP contribution in [0, 0.1) is 0 Å². The normalized spacial score (nSPS) is 11.4. The fourth-order valence-corrected chi connectivity index (χ4v) is 2.68. The molecule has 3 aromatic heterocycles. The van der Waals surface area contributed by atoms with Gasteiger partial charge in [0.2, 0.25) is 0 Å². The lowest BCUT2D eigenvalue weighted by molar-refractivity contribution is 0.145. The molecule has 4 aromatic rings. The van der Waals surface area contributed by atoms with E-state index >= 15 is 0 Å². The fraction of sp³-hybridized carbons (Fsp3) is 0.111. The summed E-state index contributed by atoms with van der Waals surface area (Å²) in [5.41, 5.74) is 8.93. The van der Waals surface area contributed by atoms with Gasteiger partial charge in [0.15, 0.2) is 11.5 Å². The van der Waals surface area contributed by atoms with Crippen molar-refractivity contribution in [2.45, 2.75) is 13.0 Å². The highest BCUT2D eigenvalue weighted by molar-refractivity contribution is 5.64. The molecular weight excluding hydrogens is 338 g/mol. The van der Waals surface area contributed by atoms with Crippen molar-refractivity contribution in [1.29, 1.82) is 0 Å². The van der Waals surface area contributed by atoms with Crippen LogP contribution in [0.15, 0.2) is 55.1 Å². The first-order valence-corrected chi connectivity index (χ1v) is 7.89. The topological polar surface area (TPSA) is 82.0 Å². The van der Waals surface area contributed by atoms with Gasteiger partial charge in [-0.15, -0.1) is 0 Å². The van der Waals surface area contributed by atoms with Crippen molar-refractivity contribution in [1.82, 2.24) is 24.3 Å². The van der Waals surface area contributed by atoms with Crippen LogP contribution in [0.3, 0.4) is 0 Å². The maximum Gasteiger partial charge on any atom is 0.281 e. The van der Waals surface area contributed by atoms with E-state index in [0.717, 1.165) is 11.1 Å². The molecule has 0 saturated heterocycles. The first-order chi connectivity index (χ1) is 12.7. The number of fused-ring (bicyclic) bond motifs is 1. The number of hydrogen-bond donors (Lipinski definition) is 1. The minimum absolute atomic E-state index is 0.330. The lowest BCUT2D eigenvalue weighted by atomic mass is 10.1. The monoisotopic (exact) mass is 352 g/mol. The SMILES string of the molecule is NCc1cccc(-c2ccnc(-c3cnc4cnc(C(F)F)cn34)n2)c1. The number of hydrogen-bond acceptors (Lipinski definition) is 5. The maximum absolute atomic E-state index is 13.0. The molecule has 3 heterocycles. The van der Waals surface area contributed by atoms with Gasteiger partial charge in [-0.05, 0) is 17.7 Å². The third-order valence-corrected chi connectivity index (χ3v) is 3.98. The molecule has 4 rings (SSSR count). The lowest BCUT2D eigenvalue weighted by Crippen LogP contribution is -1.99. The minimum Gasteiger partial charge on any atom is -0.326 e. The van der Waals surface area contributed by atoms with Crippen LogP contribution in [-0.2, 0) is 6.54 Å². The number of benzene rings is 1. The number of nitrogens with zero attached hydrogens (tertiary/aromatic N) is 5. The average molecular weight is 352 g/mol. The molecule has 0 unspecified atom stereocenters. The molecule has 0 atom stereocenters. The molecule has 0 aliphatic rings. The highest BCUT2D eigenvalue weighted by Crippen LogP contribution is 2.24. The van der Waals surface area contributed by atoms with E-state index < -0.39 is 6.43 Å². The Morgan fingerprint density at radius 3 is 2.77 bits per heavy atom. The molecule has 0 saturated carbocycles. The Labute approximate surface area is 147 Å². The van der Waals surface area contributed by atoms with Gasteiger partial charge >= 0.3 is 0 Å². The van der Waals surface area contributed by atoms with Crippen LogP contribution in [0.2, 0.25) is 0 Å². The summed E-state index contributed by atoms with van der Waals surface area (Å²) in [5, 5.41) is 0. The molecule has 0 spiro atoms. The van der Waals surface area contributed by atoms with Crippen molar-refractivity contribution in [2.24, 2.45) is 5.73 Å². The standard InChI is InChI=1S/C18H14F2N6/c19-17(20)14-10-26-15(8-24-16(26)9-23-14)18-22-5-4-13(25-18)12-3-1-2-11(6-12)7-21/h1-6,8-10,17H,7,21H2. The third kappa shape index (κ3) is 2.91. The second-order valence-corrected chi connectivity index (χ2v) is 5.65. The first kappa shape index (κ1) is 16.2. The number of halogens is 2. The van der Waals surface area contributed by atoms with Crippen molar-refractivity contribution in [3.63, 3.8) is 0 Å². The largest absolute Gasteiger partial charge is 0.326 e. The Morgan fingerprint density at radius 2 is 1.96 bits per heavy atom. The van der Waals surface area contributed by atoms with Crippen molar-refractivity contribution >= 4 is 5.65 Å². The number of alkyl halides is 2. The number of imidazole rings is 1. The first-order valence-electron chi connectivity index (χ1n) is 7.89. The Balaban J connectivity index is 1.81. The van der Waals surface area contributed by atoms with Crippen LogP contribution in [-0.4, -0.2) is 24.3 Å². The van der Waals surface area contributed by atoms with E-state index in [0.29, 0.717) is 29.4 Å². The van der Waals surface area contributed by atoms with Gasteiger partial charge in [0.05, 0.1) is 18.1 Å². The summed E-state index contributed by atoms with van der Waals surface area (Å²) in [4.78, 5) is 16.7. The summed E-state index contributed by atoms with van der Waals surface area (Å²) in [6.07, 6.45) is 3.07. The van der Waals surface area contributed by atoms with Gasteiger partial charge in [-0.25, -0.2) is 28.7 Å². The van der Waals surface area contributed by atoms with Gasteiger partial charge < -0.3 is 5.73 Å². The highest BCUT2D eigenvalue weighted by atomic mass is 19.3. The van der Waals surface area contributed by atoms with Crippen LogP contribution in [0.1, 0.15) is 17.7 Å². The van der Waals surface area contributed by atoms with Gasteiger partial charge in [-0.3, -0.25) is 4.40 Å². The minimum atomic E-state index is -2.67. The van der Waals surface area contributed by atoms with Crippen LogP contribution in [0.25, 0.3) is 28.4 Å². The van der Waals surface area contributed by atoms with Gasteiger partial charge in [0.1, 0.15) is 11.4 Å². The quantitative estimate of drug-likeness (QED) is 0.610. The average Bonchev–Trinajstić information content (AvgIpc) is 3.11. The molecule has 1 aromatic carbocycles. The van der Waals surface area contributed by atoms with Crippen LogP contribution in [0.5, 0.6) is 0 Å². The molecule has 0 radical (unpaired) electrons. The van der Waals surface area contributed by atoms with E-state index in [-0.39, 0.29) is 5.69 Å². The number of rotatable bonds is 4. The number of nitrogens with two attached hydrogens (primary N) is 1. The molecule has 0 aliphatic carbocycles. The van der Waals surface area contributed by atoms with Crippen LogP contribution >= 0.6 is 0 Å². The Morgan fingerprint density at radius 1 is 1.08 bits per heavy atom. The van der Waals surface area contributed by atoms with E-state index in [9.17, 15) is 8.78 Å². The van der Waals surface area contributed by atoms with E-state index in [1.54, 1.807) is 18.5 Å². The van der Waals surface area contributed by atoms with Crippen LogP contribution < -0.4 is 5.73 Å². The maximum atomic E-state index is 13.0. The second-order valence-electron chi connectivity index (χ2n) is 5.65. The summed E-state index contributed by atoms with van der Waals surface area (Å²) in [5.74, 6) is 0.388. The van der Waals surface area contributed by atoms with Crippen molar-refractivity contribution in [3.05, 3.63) is 66.4 Å². The zero-order valence-corrected chi connectivity index (χ0v) is 13.5. The zero-order valence-electron chi connectivity index (χ0n) is 13.5. The molecule has 2 N–H and O–H groups in total. The molecule has 0 amide bonds. The molecule has 6 nitrogen and oxygen atoms in total. The third-order valence-electron chi connectivity index (χ3n) is 3.98. The lowest BCUT2D eigenvalue weighted by Gasteiger charge is -2.06. The predicted octanol–water partition coefficient (Wildman–Crippen LogP) is 3.25. The smallest absolute Gasteiger partial charge is 0.281 e. The van der Waals surface area contributed by atoms with Gasteiger partial charge in [0.25, 0.3) is 6.43 Å². The molecule has 0 fully saturated rings. The van der Waals surface area contributed by atoms with Gasteiger partial charge in [-0.2, -0.15) is 0 Å². The molecular formula is C18H14F2N6. The summed E-state index contributed by atoms with van der Waals surface area (Å²) >= 11 is 0. The van der Waals surface area contributed by atoms with Gasteiger partial charge in [-0.1, -0.05) is 18.2 Å². The van der Waals surface area contributed by atoms with Crippen molar-refractivity contribution < 1.29 is 8.78 Å². The van der Waals surface area contributed by atoms with E-state index in [1.165, 1.54) is 16.8 Å². The molecule has 130 valence electrons. The summed E-state index contributed by atoms with van der Waals surface area (Å²) in [7, 11) is 0. The molecule has 8 heteroatoms. The van der Waals surface area contributed by atoms with Crippen molar-refractivity contribution in [2.75, 3.05) is 0 Å². The Bertz CT molecular complexity index is 1080. The fourth-order valence-electron chi connectivity index (χ4n) is 2.68. The molecule has 0 aliphatic heterocycles. The summed E-state index contributed by atoms with van der Waals surface area (Å²) in [6.45, 7) is 0.433. The molecule has 0 bridgehead atoms. The second kappa shape index (κ2) is 6.57. The Hall–Kier alpha value is -3.26. The van der Waals surface area contributed by atoms with Crippen LogP contribution in [0.4, 0.5) is 8.78 Å². The summed E-state index contributed by atoms with van der Waals surface area (Å²) in [6, 6.07) is 9.52. The Kier molecular flexibility index (Phi) is 4.10. The van der Waals surface area contributed by atoms with E-state index in [1.807, 2.05) is 24.3 Å². The van der Waals surface area contributed by atoms with E-state index in [2.05, 4.69) is 19.9 Å². The van der Waals surface area contributed by atoms with Gasteiger partial charge in [0, 0.05) is 24.5 Å². The van der Waals surface area contributed by atoms with E-state index in [4.69, 9.17) is 5.73 Å². The zero-order chi connectivity index (χ0) is 18.1. The predicted molar refractivity (Wildman–Crippen MR) is 92.3 cm³/mol. The highest BCUT2D eigenvalue weighted by Gasteiger charge is 2.14. The summed E-state index contributed by atoms with van der Waals surface area (Å²) < 4.78 is 27.4.